The number of halogens is 1. The fraction of sp³-hybridized carbons (Fsp3) is 0.440. The zero-order valence-electron chi connectivity index (χ0n) is 19.5. The van der Waals surface area contributed by atoms with Gasteiger partial charge in [0.05, 0.1) is 49.4 Å². The number of nitrogens with zero attached hydrogens (tertiary/aromatic N) is 2. The molecule has 2 aromatic carbocycles. The van der Waals surface area contributed by atoms with Gasteiger partial charge in [-0.15, -0.1) is 0 Å². The standard InChI is InChI=1S/C25H30FN3O5/c1-3-33-22-15-21(28-9-11-32-12-10-28)23(34-4-2)14-19(22)27-25(31)17-13-24(30)29(16-17)20-8-6-5-7-18(20)26/h5-8,14-15,17H,3-4,9-13,16H2,1-2H3,(H,27,31)/t17-/m1/s1. The first-order valence-electron chi connectivity index (χ1n) is 11.6. The highest BCUT2D eigenvalue weighted by atomic mass is 19.1. The predicted molar refractivity (Wildman–Crippen MR) is 127 cm³/mol. The highest BCUT2D eigenvalue weighted by Crippen LogP contribution is 2.40. The molecule has 182 valence electrons. The second-order valence-electron chi connectivity index (χ2n) is 8.13. The van der Waals surface area contributed by atoms with E-state index in [9.17, 15) is 14.0 Å². The molecule has 0 saturated carbocycles. The Morgan fingerprint density at radius 2 is 1.79 bits per heavy atom. The van der Waals surface area contributed by atoms with Gasteiger partial charge in [0.25, 0.3) is 0 Å². The van der Waals surface area contributed by atoms with E-state index in [0.717, 1.165) is 18.8 Å². The van der Waals surface area contributed by atoms with Gasteiger partial charge in [0.2, 0.25) is 11.8 Å². The molecule has 2 aromatic rings. The van der Waals surface area contributed by atoms with Crippen LogP contribution in [0.1, 0.15) is 20.3 Å². The van der Waals surface area contributed by atoms with Crippen molar-refractivity contribution in [2.24, 2.45) is 5.92 Å². The summed E-state index contributed by atoms with van der Waals surface area (Å²) in [5, 5.41) is 2.91. The summed E-state index contributed by atoms with van der Waals surface area (Å²) in [6, 6.07) is 9.71. The quantitative estimate of drug-likeness (QED) is 0.635. The first kappa shape index (κ1) is 23.8. The number of ether oxygens (including phenoxy) is 3. The lowest BCUT2D eigenvalue weighted by Gasteiger charge is -2.31. The molecule has 0 spiro atoms. The summed E-state index contributed by atoms with van der Waals surface area (Å²) >= 11 is 0. The molecule has 2 aliphatic rings. The predicted octanol–water partition coefficient (Wildman–Crippen LogP) is 3.45. The van der Waals surface area contributed by atoms with Crippen molar-refractivity contribution in [3.63, 3.8) is 0 Å². The van der Waals surface area contributed by atoms with E-state index in [2.05, 4.69) is 10.2 Å². The molecule has 0 aromatic heterocycles. The Labute approximate surface area is 198 Å². The SMILES string of the molecule is CCOc1cc(N2CCOCC2)c(OCC)cc1NC(=O)[C@@H]1CC(=O)N(c2ccccc2F)C1. The van der Waals surface area contributed by atoms with Crippen molar-refractivity contribution in [3.8, 4) is 11.5 Å². The summed E-state index contributed by atoms with van der Waals surface area (Å²) in [6.45, 7) is 7.48. The van der Waals surface area contributed by atoms with E-state index in [-0.39, 0.29) is 30.5 Å². The van der Waals surface area contributed by atoms with E-state index in [4.69, 9.17) is 14.2 Å². The second kappa shape index (κ2) is 10.7. The molecule has 1 N–H and O–H groups in total. The van der Waals surface area contributed by atoms with Gasteiger partial charge in [-0.05, 0) is 26.0 Å². The summed E-state index contributed by atoms with van der Waals surface area (Å²) < 4.78 is 31.4. The topological polar surface area (TPSA) is 80.3 Å². The van der Waals surface area contributed by atoms with E-state index >= 15 is 0 Å². The van der Waals surface area contributed by atoms with Gasteiger partial charge >= 0.3 is 0 Å². The number of benzene rings is 2. The minimum absolute atomic E-state index is 0.00825. The summed E-state index contributed by atoms with van der Waals surface area (Å²) in [7, 11) is 0. The Morgan fingerprint density at radius 3 is 2.50 bits per heavy atom. The Morgan fingerprint density at radius 1 is 1.09 bits per heavy atom. The van der Waals surface area contributed by atoms with Crippen molar-refractivity contribution >= 4 is 28.9 Å². The van der Waals surface area contributed by atoms with Crippen LogP contribution in [0.15, 0.2) is 36.4 Å². The first-order chi connectivity index (χ1) is 16.5. The number of rotatable bonds is 8. The van der Waals surface area contributed by atoms with E-state index in [1.807, 2.05) is 19.9 Å². The molecule has 2 amide bonds. The summed E-state index contributed by atoms with van der Waals surface area (Å²) in [5.41, 5.74) is 1.55. The third kappa shape index (κ3) is 5.09. The van der Waals surface area contributed by atoms with Crippen LogP contribution in [0.4, 0.5) is 21.5 Å². The minimum atomic E-state index is -0.615. The van der Waals surface area contributed by atoms with Gasteiger partial charge in [-0.1, -0.05) is 12.1 Å². The molecule has 2 saturated heterocycles. The number of carbonyl (C=O) groups is 2. The Kier molecular flexibility index (Phi) is 7.52. The van der Waals surface area contributed by atoms with Crippen LogP contribution in [0.25, 0.3) is 0 Å². The minimum Gasteiger partial charge on any atom is -0.492 e. The van der Waals surface area contributed by atoms with Crippen molar-refractivity contribution in [3.05, 3.63) is 42.2 Å². The van der Waals surface area contributed by atoms with Crippen LogP contribution in [0.5, 0.6) is 11.5 Å². The third-order valence-corrected chi connectivity index (χ3v) is 5.91. The molecular formula is C25H30FN3O5. The van der Waals surface area contributed by atoms with Crippen molar-refractivity contribution in [1.82, 2.24) is 0 Å². The number of morpholine rings is 1. The summed E-state index contributed by atoms with van der Waals surface area (Å²) in [4.78, 5) is 29.2. The summed E-state index contributed by atoms with van der Waals surface area (Å²) in [5.74, 6) is -0.552. The lowest BCUT2D eigenvalue weighted by atomic mass is 10.1. The van der Waals surface area contributed by atoms with Crippen LogP contribution in [0.2, 0.25) is 0 Å². The average Bonchev–Trinajstić information content (AvgIpc) is 3.23. The molecule has 2 aliphatic heterocycles. The lowest BCUT2D eigenvalue weighted by molar-refractivity contribution is -0.122. The number of para-hydroxylation sites is 1. The fourth-order valence-electron chi connectivity index (χ4n) is 4.27. The molecule has 2 fully saturated rings. The second-order valence-corrected chi connectivity index (χ2v) is 8.13. The Balaban J connectivity index is 1.56. The van der Waals surface area contributed by atoms with Crippen LogP contribution in [-0.2, 0) is 14.3 Å². The fourth-order valence-corrected chi connectivity index (χ4v) is 4.27. The number of hydrogen-bond acceptors (Lipinski definition) is 6. The highest BCUT2D eigenvalue weighted by Gasteiger charge is 2.36. The maximum absolute atomic E-state index is 14.2. The van der Waals surface area contributed by atoms with Crippen LogP contribution in [-0.4, -0.2) is 57.9 Å². The molecule has 0 aliphatic carbocycles. The molecule has 9 heteroatoms. The van der Waals surface area contributed by atoms with Crippen molar-refractivity contribution < 1.29 is 28.2 Å². The summed E-state index contributed by atoms with van der Waals surface area (Å²) in [6.07, 6.45) is 0.00825. The van der Waals surface area contributed by atoms with Gasteiger partial charge in [-0.3, -0.25) is 9.59 Å². The van der Waals surface area contributed by atoms with E-state index < -0.39 is 11.7 Å². The smallest absolute Gasteiger partial charge is 0.229 e. The van der Waals surface area contributed by atoms with Gasteiger partial charge in [-0.2, -0.15) is 0 Å². The van der Waals surface area contributed by atoms with Crippen molar-refractivity contribution in [2.45, 2.75) is 20.3 Å². The van der Waals surface area contributed by atoms with Crippen LogP contribution in [0, 0.1) is 11.7 Å². The number of anilines is 3. The number of hydrogen-bond donors (Lipinski definition) is 1. The molecule has 1 atom stereocenters. The van der Waals surface area contributed by atoms with Crippen molar-refractivity contribution in [1.29, 1.82) is 0 Å². The van der Waals surface area contributed by atoms with Gasteiger partial charge in [0.1, 0.15) is 17.3 Å². The molecule has 0 radical (unpaired) electrons. The molecule has 4 rings (SSSR count). The molecular weight excluding hydrogens is 441 g/mol. The molecule has 0 bridgehead atoms. The largest absolute Gasteiger partial charge is 0.492 e. The van der Waals surface area contributed by atoms with E-state index in [1.165, 1.54) is 11.0 Å². The monoisotopic (exact) mass is 471 g/mol. The van der Waals surface area contributed by atoms with E-state index in [0.29, 0.717) is 43.6 Å². The molecule has 0 unspecified atom stereocenters. The van der Waals surface area contributed by atoms with Crippen LogP contribution in [0.3, 0.4) is 0 Å². The lowest BCUT2D eigenvalue weighted by Crippen LogP contribution is -2.36. The van der Waals surface area contributed by atoms with Crippen molar-refractivity contribution in [2.75, 3.05) is 61.2 Å². The molecule has 8 nitrogen and oxygen atoms in total. The third-order valence-electron chi connectivity index (χ3n) is 5.91. The van der Waals surface area contributed by atoms with Gasteiger partial charge in [0.15, 0.2) is 0 Å². The number of amides is 2. The van der Waals surface area contributed by atoms with Gasteiger partial charge in [0, 0.05) is 38.2 Å². The molecule has 2 heterocycles. The molecule has 34 heavy (non-hydrogen) atoms. The first-order valence-corrected chi connectivity index (χ1v) is 11.6. The van der Waals surface area contributed by atoms with Crippen LogP contribution >= 0.6 is 0 Å². The zero-order valence-corrected chi connectivity index (χ0v) is 19.5. The maximum atomic E-state index is 14.2. The number of carbonyl (C=O) groups excluding carboxylic acids is 2. The van der Waals surface area contributed by atoms with Gasteiger partial charge < -0.3 is 29.3 Å². The number of nitrogens with one attached hydrogen (secondary N) is 1. The van der Waals surface area contributed by atoms with Crippen LogP contribution < -0.4 is 24.6 Å². The van der Waals surface area contributed by atoms with Gasteiger partial charge in [-0.25, -0.2) is 4.39 Å². The normalized spacial score (nSPS) is 18.2. The Bertz CT molecular complexity index is 1040. The Hall–Kier alpha value is -3.33. The average molecular weight is 472 g/mol. The van der Waals surface area contributed by atoms with E-state index in [1.54, 1.807) is 24.3 Å². The zero-order chi connectivity index (χ0) is 24.1. The highest BCUT2D eigenvalue weighted by molar-refractivity contribution is 6.04. The maximum Gasteiger partial charge on any atom is 0.229 e.